The van der Waals surface area contributed by atoms with Gasteiger partial charge < -0.3 is 5.11 Å². The molecule has 0 aliphatic heterocycles. The van der Waals surface area contributed by atoms with E-state index in [0.717, 1.165) is 5.56 Å². The maximum absolute atomic E-state index is 9.27. The highest BCUT2D eigenvalue weighted by Gasteiger charge is 2.01. The third-order valence-electron chi connectivity index (χ3n) is 1.83. The second-order valence-corrected chi connectivity index (χ2v) is 2.86. The molecule has 0 radical (unpaired) electrons. The van der Waals surface area contributed by atoms with Gasteiger partial charge in [-0.3, -0.25) is 5.43 Å². The van der Waals surface area contributed by atoms with Crippen LogP contribution in [0.5, 0.6) is 5.75 Å². The van der Waals surface area contributed by atoms with Gasteiger partial charge in [-0.15, -0.1) is 10.2 Å². The van der Waals surface area contributed by atoms with Gasteiger partial charge >= 0.3 is 0 Å². The molecule has 0 fully saturated rings. The molecule has 2 aromatic rings. The number of phenols is 1. The summed E-state index contributed by atoms with van der Waals surface area (Å²) in [5.74, 6) is 5.53. The molecule has 1 aromatic carbocycles. The van der Waals surface area contributed by atoms with Crippen molar-refractivity contribution in [3.63, 3.8) is 0 Å². The highest BCUT2D eigenvalue weighted by Crippen LogP contribution is 2.20. The fraction of sp³-hybridized carbons (Fsp3) is 0. The van der Waals surface area contributed by atoms with Crippen molar-refractivity contribution < 1.29 is 5.11 Å². The minimum Gasteiger partial charge on any atom is -0.508 e. The number of rotatable bonds is 2. The van der Waals surface area contributed by atoms with Crippen LogP contribution >= 0.6 is 0 Å². The van der Waals surface area contributed by atoms with E-state index in [4.69, 9.17) is 5.84 Å². The van der Waals surface area contributed by atoms with Crippen LogP contribution < -0.4 is 11.3 Å². The van der Waals surface area contributed by atoms with Crippen LogP contribution in [0.1, 0.15) is 0 Å². The molecule has 0 saturated heterocycles. The third kappa shape index (κ3) is 2.00. The molecule has 0 spiro atoms. The first-order valence-electron chi connectivity index (χ1n) is 4.25. The molecule has 6 nitrogen and oxygen atoms in total. The topological polar surface area (TPSA) is 97.0 Å². The lowest BCUT2D eigenvalue weighted by Gasteiger charge is -2.01. The van der Waals surface area contributed by atoms with Crippen molar-refractivity contribution in [3.8, 4) is 17.0 Å². The number of aromatic nitrogens is 3. The number of hydrogen-bond donors (Lipinski definition) is 3. The molecule has 4 N–H and O–H groups in total. The lowest BCUT2D eigenvalue weighted by Crippen LogP contribution is -2.11. The van der Waals surface area contributed by atoms with Crippen LogP contribution in [0.3, 0.4) is 0 Å². The van der Waals surface area contributed by atoms with Crippen molar-refractivity contribution in [2.45, 2.75) is 0 Å². The van der Waals surface area contributed by atoms with Gasteiger partial charge in [0.1, 0.15) is 11.4 Å². The summed E-state index contributed by atoms with van der Waals surface area (Å²) < 4.78 is 0. The first kappa shape index (κ1) is 9.35. The molecule has 0 saturated carbocycles. The molecule has 0 unspecified atom stereocenters. The summed E-state index contributed by atoms with van der Waals surface area (Å²) in [6.07, 6.45) is 1.52. The van der Waals surface area contributed by atoms with E-state index in [2.05, 4.69) is 20.6 Å². The predicted octanol–water partition coefficient (Wildman–Crippen LogP) is 0.530. The zero-order valence-electron chi connectivity index (χ0n) is 7.75. The molecule has 0 aliphatic carbocycles. The number of anilines is 1. The summed E-state index contributed by atoms with van der Waals surface area (Å²) in [7, 11) is 0. The standard InChI is InChI=1S/C9H9N5O/c10-12-9-11-5-8(13-14-9)6-2-1-3-7(15)4-6/h1-5,15H,10H2,(H,11,12,14). The molecule has 15 heavy (non-hydrogen) atoms. The first-order chi connectivity index (χ1) is 7.29. The van der Waals surface area contributed by atoms with Crippen molar-refractivity contribution in [1.29, 1.82) is 0 Å². The Balaban J connectivity index is 2.37. The van der Waals surface area contributed by atoms with Crippen molar-refractivity contribution in [2.75, 3.05) is 5.43 Å². The zero-order chi connectivity index (χ0) is 10.7. The number of nitrogens with zero attached hydrogens (tertiary/aromatic N) is 3. The average molecular weight is 203 g/mol. The normalized spacial score (nSPS) is 9.93. The molecule has 2 rings (SSSR count). The van der Waals surface area contributed by atoms with E-state index in [1.54, 1.807) is 24.3 Å². The SMILES string of the molecule is NNc1ncc(-c2cccc(O)c2)nn1. The summed E-state index contributed by atoms with van der Waals surface area (Å²) in [4.78, 5) is 3.91. The minimum absolute atomic E-state index is 0.176. The highest BCUT2D eigenvalue weighted by atomic mass is 16.3. The van der Waals surface area contributed by atoms with Crippen LogP contribution in [0, 0.1) is 0 Å². The molecule has 0 amide bonds. The Morgan fingerprint density at radius 1 is 1.27 bits per heavy atom. The number of nitrogens with two attached hydrogens (primary N) is 1. The smallest absolute Gasteiger partial charge is 0.256 e. The van der Waals surface area contributed by atoms with Gasteiger partial charge in [0.2, 0.25) is 0 Å². The summed E-state index contributed by atoms with van der Waals surface area (Å²) in [5, 5.41) is 16.9. The summed E-state index contributed by atoms with van der Waals surface area (Å²) in [6, 6.07) is 6.70. The van der Waals surface area contributed by atoms with Gasteiger partial charge in [0.05, 0.1) is 6.20 Å². The summed E-state index contributed by atoms with van der Waals surface area (Å²) in [6.45, 7) is 0. The molecule has 0 aliphatic rings. The Labute approximate surface area is 85.8 Å². The number of nitrogens with one attached hydrogen (secondary N) is 1. The zero-order valence-corrected chi connectivity index (χ0v) is 7.75. The second kappa shape index (κ2) is 3.89. The van der Waals surface area contributed by atoms with Crippen LogP contribution in [0.2, 0.25) is 0 Å². The second-order valence-electron chi connectivity index (χ2n) is 2.86. The Hall–Kier alpha value is -2.21. The summed E-state index contributed by atoms with van der Waals surface area (Å²) in [5.41, 5.74) is 3.61. The number of hydrogen-bond acceptors (Lipinski definition) is 6. The predicted molar refractivity (Wildman–Crippen MR) is 54.7 cm³/mol. The first-order valence-corrected chi connectivity index (χ1v) is 4.25. The Kier molecular flexibility index (Phi) is 2.42. The maximum Gasteiger partial charge on any atom is 0.256 e. The fourth-order valence-electron chi connectivity index (χ4n) is 1.14. The van der Waals surface area contributed by atoms with Crippen LogP contribution in [-0.2, 0) is 0 Å². The van der Waals surface area contributed by atoms with Crippen LogP contribution in [0.25, 0.3) is 11.3 Å². The van der Waals surface area contributed by atoms with Gasteiger partial charge in [0.15, 0.2) is 0 Å². The van der Waals surface area contributed by atoms with Crippen molar-refractivity contribution in [1.82, 2.24) is 15.2 Å². The number of benzene rings is 1. The lowest BCUT2D eigenvalue weighted by molar-refractivity contribution is 0.475. The van der Waals surface area contributed by atoms with Gasteiger partial charge in [-0.05, 0) is 12.1 Å². The number of aromatic hydroxyl groups is 1. The van der Waals surface area contributed by atoms with Gasteiger partial charge in [-0.1, -0.05) is 12.1 Å². The lowest BCUT2D eigenvalue weighted by atomic mass is 10.1. The van der Waals surface area contributed by atoms with E-state index < -0.39 is 0 Å². The number of hydrazine groups is 1. The van der Waals surface area contributed by atoms with Crippen molar-refractivity contribution in [3.05, 3.63) is 30.5 Å². The largest absolute Gasteiger partial charge is 0.508 e. The molecule has 1 aromatic heterocycles. The quantitative estimate of drug-likeness (QED) is 0.486. The molecular weight excluding hydrogens is 194 g/mol. The third-order valence-corrected chi connectivity index (χ3v) is 1.83. The monoisotopic (exact) mass is 203 g/mol. The van der Waals surface area contributed by atoms with Gasteiger partial charge in [-0.25, -0.2) is 10.8 Å². The van der Waals surface area contributed by atoms with Gasteiger partial charge in [0, 0.05) is 5.56 Å². The highest BCUT2D eigenvalue weighted by molar-refractivity contribution is 5.59. The van der Waals surface area contributed by atoms with E-state index in [1.165, 1.54) is 6.20 Å². The van der Waals surface area contributed by atoms with Crippen molar-refractivity contribution >= 4 is 5.95 Å². The molecular formula is C9H9N5O. The molecule has 76 valence electrons. The van der Waals surface area contributed by atoms with E-state index >= 15 is 0 Å². The van der Waals surface area contributed by atoms with Crippen LogP contribution in [0.4, 0.5) is 5.95 Å². The van der Waals surface area contributed by atoms with E-state index in [1.807, 2.05) is 0 Å². The van der Waals surface area contributed by atoms with E-state index in [9.17, 15) is 5.11 Å². The van der Waals surface area contributed by atoms with Crippen LogP contribution in [0.15, 0.2) is 30.5 Å². The molecule has 0 bridgehead atoms. The fourth-order valence-corrected chi connectivity index (χ4v) is 1.14. The van der Waals surface area contributed by atoms with E-state index in [0.29, 0.717) is 5.69 Å². The Morgan fingerprint density at radius 3 is 2.73 bits per heavy atom. The average Bonchev–Trinajstić information content (AvgIpc) is 2.29. The number of nitrogen functional groups attached to an aromatic ring is 1. The Morgan fingerprint density at radius 2 is 2.13 bits per heavy atom. The Bertz CT molecular complexity index is 456. The van der Waals surface area contributed by atoms with Crippen LogP contribution in [-0.4, -0.2) is 20.3 Å². The number of phenolic OH excluding ortho intramolecular Hbond substituents is 1. The summed E-state index contributed by atoms with van der Waals surface area (Å²) >= 11 is 0. The maximum atomic E-state index is 9.27. The molecule has 0 atom stereocenters. The van der Waals surface area contributed by atoms with E-state index in [-0.39, 0.29) is 11.7 Å². The van der Waals surface area contributed by atoms with Gasteiger partial charge in [0.25, 0.3) is 5.95 Å². The molecule has 1 heterocycles. The van der Waals surface area contributed by atoms with Gasteiger partial charge in [-0.2, -0.15) is 0 Å². The minimum atomic E-state index is 0.176. The van der Waals surface area contributed by atoms with Crippen molar-refractivity contribution in [2.24, 2.45) is 5.84 Å². The molecule has 6 heteroatoms.